The van der Waals surface area contributed by atoms with Gasteiger partial charge in [-0.05, 0) is 114 Å². The summed E-state index contributed by atoms with van der Waals surface area (Å²) in [5.74, 6) is -0.197. The van der Waals surface area contributed by atoms with Crippen molar-refractivity contribution in [2.75, 3.05) is 124 Å². The first kappa shape index (κ1) is 73.1. The number of benzene rings is 12. The van der Waals surface area contributed by atoms with Gasteiger partial charge >= 0.3 is 103 Å². The van der Waals surface area contributed by atoms with Gasteiger partial charge in [0.1, 0.15) is 5.88 Å². The van der Waals surface area contributed by atoms with Crippen LogP contribution in [0.1, 0.15) is 18.1 Å². The molecule has 2 heterocycles. The molecule has 0 saturated carbocycles. The maximum absolute atomic E-state index is 13.2. The van der Waals surface area contributed by atoms with Crippen LogP contribution in [0.5, 0.6) is 0 Å². The van der Waals surface area contributed by atoms with E-state index in [1.807, 2.05) is 0 Å². The molecule has 5 N–H and O–H groups in total. The van der Waals surface area contributed by atoms with Crippen molar-refractivity contribution >= 4 is 133 Å². The Balaban J connectivity index is 0.000000230. The van der Waals surface area contributed by atoms with Crippen molar-refractivity contribution in [2.45, 2.75) is 19.6 Å². The summed E-state index contributed by atoms with van der Waals surface area (Å²) in [4.78, 5) is 53.2. The summed E-state index contributed by atoms with van der Waals surface area (Å²) in [7, 11) is 0. The maximum atomic E-state index is 13.2. The van der Waals surface area contributed by atoms with Crippen molar-refractivity contribution in [1.82, 2.24) is 36.4 Å². The minimum absolute atomic E-state index is 0. The minimum atomic E-state index is -0.181. The summed E-state index contributed by atoms with van der Waals surface area (Å²) >= 11 is 5.55. The quantitative estimate of drug-likeness (QED) is 0.0298. The number of halogens is 1. The van der Waals surface area contributed by atoms with Gasteiger partial charge in [-0.1, -0.05) is 164 Å². The van der Waals surface area contributed by atoms with Gasteiger partial charge in [-0.25, -0.2) is 0 Å². The van der Waals surface area contributed by atoms with Crippen LogP contribution in [0.25, 0.3) is 97.0 Å². The van der Waals surface area contributed by atoms with Crippen LogP contribution in [0, 0.1) is 0 Å². The first-order chi connectivity index (χ1) is 45.3. The predicted molar refractivity (Wildman–Crippen MR) is 367 cm³/mol. The molecule has 12 aromatic rings. The van der Waals surface area contributed by atoms with Gasteiger partial charge < -0.3 is 57.1 Å². The molecular formula is C74H78ClK2N7O10. The Kier molecular flexibility index (Phi) is 29.2. The Morgan fingerprint density at radius 1 is 0.415 bits per heavy atom. The molecule has 14 rings (SSSR count). The first-order valence-electron chi connectivity index (χ1n) is 31.5. The standard InChI is InChI=1S/C46H44N4O4.C19H14ClNO.C8H18N2O2.CH2O3.2K.H/c51-41(47-27-37-13-11-35-9-7-31-3-1-5-33-15-17-39(37)45(35)43(31)33)29-49-19-23-53-25-21-50(22-26-54-24-20-49)30-42(52)48-28-38-14-12-36-10-8-32-4-2-6-34-16-18-40(38)46(36)44(32)34;20-10-17(22)21-11-15-7-6-14-5-4-12-2-1-3-13-8-9-16(15)19(14)18(12)13;1-5-11-7-3-10-4-8-12-6-2-9-1;2-1-4-3;;;/h1-18H,19-30H2,(H,47,51)(H,48,52);1-9H,10-11H2,(H,21,22);9-10H,1-8H2;1,3H;;;/q;;;;2*+1;-1/p-1. The number of rotatable bonds is 12. The van der Waals surface area contributed by atoms with E-state index in [4.69, 9.17) is 40.6 Å². The third-order valence-corrected chi connectivity index (χ3v) is 17.3. The normalized spacial score (nSPS) is 15.0. The zero-order chi connectivity index (χ0) is 63.4. The molecule has 0 bridgehead atoms. The smallest absolute Gasteiger partial charge is 1.00 e. The van der Waals surface area contributed by atoms with Crippen LogP contribution in [-0.4, -0.2) is 158 Å². The van der Waals surface area contributed by atoms with Crippen molar-refractivity contribution in [1.29, 1.82) is 0 Å². The monoisotopic (exact) mass is 1340 g/mol. The van der Waals surface area contributed by atoms with Crippen LogP contribution >= 0.6 is 11.6 Å². The number of amides is 3. The summed E-state index contributed by atoms with van der Waals surface area (Å²) < 4.78 is 22.7. The Morgan fingerprint density at radius 3 is 0.957 bits per heavy atom. The zero-order valence-electron chi connectivity index (χ0n) is 54.6. The molecule has 94 heavy (non-hydrogen) atoms. The summed E-state index contributed by atoms with van der Waals surface area (Å²) in [6, 6.07) is 58.0. The molecule has 2 fully saturated rings. The van der Waals surface area contributed by atoms with Gasteiger partial charge in [0.25, 0.3) is 6.47 Å². The number of nitrogens with one attached hydrogen (secondary N) is 5. The molecule has 2 saturated heterocycles. The van der Waals surface area contributed by atoms with Crippen molar-refractivity contribution in [2.24, 2.45) is 0 Å². The molecule has 0 atom stereocenters. The summed E-state index contributed by atoms with van der Waals surface area (Å²) in [6.07, 6.45) is 0. The van der Waals surface area contributed by atoms with Gasteiger partial charge in [-0.2, -0.15) is 0 Å². The molecular weight excluding hydrogens is 1260 g/mol. The number of hydrogen-bond donors (Lipinski definition) is 5. The zero-order valence-corrected chi connectivity index (χ0v) is 60.6. The molecule has 0 aromatic heterocycles. The van der Waals surface area contributed by atoms with E-state index < -0.39 is 0 Å². The van der Waals surface area contributed by atoms with Gasteiger partial charge in [0, 0.05) is 72.0 Å². The second-order valence-electron chi connectivity index (χ2n) is 22.9. The number of carbonyl (C=O) groups is 4. The van der Waals surface area contributed by atoms with Crippen LogP contribution in [0.3, 0.4) is 0 Å². The molecule has 12 aromatic carbocycles. The third kappa shape index (κ3) is 18.9. The van der Waals surface area contributed by atoms with E-state index >= 15 is 0 Å². The Labute approximate surface area is 638 Å². The Morgan fingerprint density at radius 2 is 0.670 bits per heavy atom. The molecule has 20 heteroatoms. The number of nitrogens with zero attached hydrogens (tertiary/aromatic N) is 2. The first-order valence-corrected chi connectivity index (χ1v) is 32.0. The van der Waals surface area contributed by atoms with E-state index in [0.29, 0.717) is 72.2 Å². The SMILES string of the molecule is C1COCCNCCOCCN1.O=C(CCl)NCc1ccc2ccc3cccc4ccc1c2c34.O=C(CN1CCOCCN(CC(=O)NCc2ccc3ccc4cccc5ccc2c3c45)CCOCC1)NCc1ccc2ccc3cccc4ccc1c2c34.O=CO[O-].[H-].[K+].[K+]. The molecule has 2 aliphatic rings. The summed E-state index contributed by atoms with van der Waals surface area (Å²) in [6.45, 7) is 13.1. The number of alkyl halides is 1. The van der Waals surface area contributed by atoms with Gasteiger partial charge in [0.2, 0.25) is 17.7 Å². The predicted octanol–water partition coefficient (Wildman–Crippen LogP) is 3.27. The number of hydrogen-bond acceptors (Lipinski definition) is 14. The van der Waals surface area contributed by atoms with Crippen LogP contribution in [0.2, 0.25) is 0 Å². The number of carbonyl (C=O) groups excluding carboxylic acids is 4. The molecule has 0 aliphatic carbocycles. The minimum Gasteiger partial charge on any atom is -1.00 e. The van der Waals surface area contributed by atoms with Crippen molar-refractivity contribution in [3.63, 3.8) is 0 Å². The van der Waals surface area contributed by atoms with E-state index in [1.165, 1.54) is 97.0 Å². The van der Waals surface area contributed by atoms with Crippen LogP contribution in [0.4, 0.5) is 0 Å². The van der Waals surface area contributed by atoms with E-state index in [-0.39, 0.29) is 147 Å². The second-order valence-corrected chi connectivity index (χ2v) is 23.2. The average Bonchev–Trinajstić information content (AvgIpc) is 0.763. The molecule has 0 radical (unpaired) electrons. The molecule has 0 unspecified atom stereocenters. The average molecular weight is 1340 g/mol. The van der Waals surface area contributed by atoms with Gasteiger partial charge in [0.05, 0.1) is 65.9 Å². The fourth-order valence-electron chi connectivity index (χ4n) is 12.5. The topological polar surface area (TPSA) is 204 Å². The van der Waals surface area contributed by atoms with E-state index in [9.17, 15) is 14.4 Å². The molecule has 0 spiro atoms. The Hall–Kier alpha value is -5.16. The van der Waals surface area contributed by atoms with Crippen LogP contribution < -0.4 is 135 Å². The largest absolute Gasteiger partial charge is 1.00 e. The number of ether oxygens (including phenoxy) is 4. The summed E-state index contributed by atoms with van der Waals surface area (Å²) in [5, 5.41) is 46.4. The third-order valence-electron chi connectivity index (χ3n) is 17.1. The second kappa shape index (κ2) is 37.5. The van der Waals surface area contributed by atoms with Crippen LogP contribution in [-0.2, 0) is 62.6 Å². The molecule has 478 valence electrons. The van der Waals surface area contributed by atoms with Crippen molar-refractivity contribution in [3.05, 3.63) is 180 Å². The van der Waals surface area contributed by atoms with Gasteiger partial charge in [-0.15, -0.1) is 11.6 Å². The van der Waals surface area contributed by atoms with Gasteiger partial charge in [-0.3, -0.25) is 29.0 Å². The fraction of sp³-hybridized carbons (Fsp3) is 0.297. The maximum Gasteiger partial charge on any atom is 1.00 e. The van der Waals surface area contributed by atoms with Crippen molar-refractivity contribution in [3.8, 4) is 0 Å². The van der Waals surface area contributed by atoms with Crippen molar-refractivity contribution < 1.29 is 152 Å². The van der Waals surface area contributed by atoms with Crippen LogP contribution in [0.15, 0.2) is 164 Å². The molecule has 17 nitrogen and oxygen atoms in total. The van der Waals surface area contributed by atoms with E-state index in [1.54, 1.807) is 0 Å². The van der Waals surface area contributed by atoms with Gasteiger partial charge in [0.15, 0.2) is 0 Å². The van der Waals surface area contributed by atoms with E-state index in [0.717, 1.165) is 69.3 Å². The van der Waals surface area contributed by atoms with E-state index in [2.05, 4.69) is 205 Å². The molecule has 2 aliphatic heterocycles. The Bertz CT molecular complexity index is 4140. The fourth-order valence-corrected chi connectivity index (χ4v) is 12.6. The molecule has 3 amide bonds. The summed E-state index contributed by atoms with van der Waals surface area (Å²) in [5.41, 5.74) is 3.34.